The number of hydrogen-bond acceptors (Lipinski definition) is 8. The van der Waals surface area contributed by atoms with Crippen LogP contribution in [0.4, 0.5) is 17.8 Å². The second kappa shape index (κ2) is 7.81. The van der Waals surface area contributed by atoms with E-state index in [0.29, 0.717) is 17.8 Å². The number of hydrogen-bond donors (Lipinski definition) is 4. The van der Waals surface area contributed by atoms with E-state index in [1.54, 1.807) is 0 Å². The van der Waals surface area contributed by atoms with Crippen LogP contribution in [0, 0.1) is 5.92 Å². The van der Waals surface area contributed by atoms with E-state index >= 15 is 0 Å². The third-order valence-electron chi connectivity index (χ3n) is 3.11. The summed E-state index contributed by atoms with van der Waals surface area (Å²) in [6.45, 7) is 9.68. The molecule has 8 heteroatoms. The number of anilines is 3. The topological polar surface area (TPSA) is 112 Å². The van der Waals surface area contributed by atoms with Gasteiger partial charge in [0, 0.05) is 13.1 Å². The smallest absolute Gasteiger partial charge is 0.243 e. The summed E-state index contributed by atoms with van der Waals surface area (Å²) >= 11 is 0. The van der Waals surface area contributed by atoms with Gasteiger partial charge in [-0.25, -0.2) is 5.84 Å². The molecule has 0 aliphatic heterocycles. The van der Waals surface area contributed by atoms with Crippen molar-refractivity contribution in [2.45, 2.75) is 33.7 Å². The highest BCUT2D eigenvalue weighted by Crippen LogP contribution is 2.15. The lowest BCUT2D eigenvalue weighted by Crippen LogP contribution is -2.32. The first kappa shape index (κ1) is 16.4. The summed E-state index contributed by atoms with van der Waals surface area (Å²) in [5, 5.41) is 12.5. The van der Waals surface area contributed by atoms with E-state index in [4.69, 9.17) is 5.84 Å². The maximum atomic E-state index is 9.37. The minimum Gasteiger partial charge on any atom is -0.394 e. The van der Waals surface area contributed by atoms with Crippen LogP contribution in [0.1, 0.15) is 27.7 Å². The lowest BCUT2D eigenvalue weighted by atomic mass is 10.1. The van der Waals surface area contributed by atoms with Gasteiger partial charge in [0.2, 0.25) is 17.8 Å². The van der Waals surface area contributed by atoms with Crippen LogP contribution in [0.2, 0.25) is 0 Å². The van der Waals surface area contributed by atoms with E-state index in [2.05, 4.69) is 25.7 Å². The van der Waals surface area contributed by atoms with Crippen molar-refractivity contribution >= 4 is 17.8 Å². The van der Waals surface area contributed by atoms with Gasteiger partial charge in [-0.05, 0) is 19.8 Å². The van der Waals surface area contributed by atoms with Crippen molar-refractivity contribution in [1.82, 2.24) is 15.0 Å². The van der Waals surface area contributed by atoms with Gasteiger partial charge in [0.1, 0.15) is 0 Å². The van der Waals surface area contributed by atoms with Crippen molar-refractivity contribution in [2.75, 3.05) is 35.3 Å². The summed E-state index contributed by atoms with van der Waals surface area (Å²) < 4.78 is 0. The molecule has 1 heterocycles. The first-order valence-electron chi connectivity index (χ1n) is 6.90. The average molecular weight is 283 g/mol. The van der Waals surface area contributed by atoms with Gasteiger partial charge >= 0.3 is 0 Å². The van der Waals surface area contributed by atoms with Crippen molar-refractivity contribution in [3.8, 4) is 0 Å². The van der Waals surface area contributed by atoms with Crippen molar-refractivity contribution in [3.63, 3.8) is 0 Å². The van der Waals surface area contributed by atoms with Gasteiger partial charge in [-0.3, -0.25) is 5.43 Å². The Morgan fingerprint density at radius 2 is 1.75 bits per heavy atom. The molecule has 0 fully saturated rings. The van der Waals surface area contributed by atoms with E-state index in [1.807, 2.05) is 32.6 Å². The molecule has 0 aliphatic rings. The summed E-state index contributed by atoms with van der Waals surface area (Å²) in [4.78, 5) is 14.8. The van der Waals surface area contributed by atoms with Crippen LogP contribution in [0.5, 0.6) is 0 Å². The predicted octanol–water partition coefficient (Wildman–Crippen LogP) is 0.432. The molecule has 1 aromatic rings. The van der Waals surface area contributed by atoms with Gasteiger partial charge in [0.25, 0.3) is 0 Å². The van der Waals surface area contributed by atoms with Crippen LogP contribution in [0.15, 0.2) is 0 Å². The van der Waals surface area contributed by atoms with Crippen LogP contribution in [-0.4, -0.2) is 45.8 Å². The molecule has 1 unspecified atom stereocenters. The number of nitrogens with one attached hydrogen (secondary N) is 2. The molecule has 1 rings (SSSR count). The highest BCUT2D eigenvalue weighted by molar-refractivity contribution is 5.43. The number of nitrogens with two attached hydrogens (primary N) is 1. The summed E-state index contributed by atoms with van der Waals surface area (Å²) in [5.74, 6) is 6.91. The molecule has 0 saturated heterocycles. The molecule has 0 aromatic carbocycles. The first-order valence-corrected chi connectivity index (χ1v) is 6.90. The molecular formula is C12H25N7O. The molecule has 0 amide bonds. The van der Waals surface area contributed by atoms with Crippen molar-refractivity contribution < 1.29 is 5.11 Å². The van der Waals surface area contributed by atoms with Crippen LogP contribution in [-0.2, 0) is 0 Å². The highest BCUT2D eigenvalue weighted by Gasteiger charge is 2.16. The van der Waals surface area contributed by atoms with Gasteiger partial charge in [-0.15, -0.1) is 0 Å². The van der Waals surface area contributed by atoms with E-state index in [-0.39, 0.29) is 18.6 Å². The first-order chi connectivity index (χ1) is 9.55. The second-order valence-corrected chi connectivity index (χ2v) is 4.78. The van der Waals surface area contributed by atoms with Gasteiger partial charge in [-0.1, -0.05) is 13.8 Å². The molecule has 114 valence electrons. The number of aliphatic hydroxyl groups is 1. The Hall–Kier alpha value is -1.67. The predicted molar refractivity (Wildman–Crippen MR) is 80.5 cm³/mol. The summed E-state index contributed by atoms with van der Waals surface area (Å²) in [7, 11) is 0. The second-order valence-electron chi connectivity index (χ2n) is 4.78. The Balaban J connectivity index is 3.03. The molecule has 1 aromatic heterocycles. The van der Waals surface area contributed by atoms with Crippen LogP contribution < -0.4 is 21.5 Å². The minimum absolute atomic E-state index is 0.00927. The third-order valence-corrected chi connectivity index (χ3v) is 3.11. The average Bonchev–Trinajstić information content (AvgIpc) is 2.45. The Bertz CT molecular complexity index is 409. The van der Waals surface area contributed by atoms with E-state index in [9.17, 15) is 5.11 Å². The molecule has 8 nitrogen and oxygen atoms in total. The zero-order chi connectivity index (χ0) is 15.1. The fraction of sp³-hybridized carbons (Fsp3) is 0.750. The van der Waals surface area contributed by atoms with Crippen molar-refractivity contribution in [3.05, 3.63) is 0 Å². The monoisotopic (exact) mass is 283 g/mol. The summed E-state index contributed by atoms with van der Waals surface area (Å²) in [6.07, 6.45) is 0. The number of aromatic nitrogens is 3. The zero-order valence-electron chi connectivity index (χ0n) is 12.6. The molecule has 0 spiro atoms. The molecule has 0 saturated carbocycles. The van der Waals surface area contributed by atoms with Crippen LogP contribution in [0.3, 0.4) is 0 Å². The molecule has 20 heavy (non-hydrogen) atoms. The van der Waals surface area contributed by atoms with Gasteiger partial charge in [-0.2, -0.15) is 15.0 Å². The van der Waals surface area contributed by atoms with Crippen LogP contribution >= 0.6 is 0 Å². The number of nitrogens with zero attached hydrogens (tertiary/aromatic N) is 4. The number of rotatable bonds is 8. The normalized spacial score (nSPS) is 12.3. The summed E-state index contributed by atoms with van der Waals surface area (Å²) in [6, 6.07) is -0.118. The van der Waals surface area contributed by atoms with E-state index < -0.39 is 0 Å². The Kier molecular flexibility index (Phi) is 6.40. The molecule has 0 radical (unpaired) electrons. The highest BCUT2D eigenvalue weighted by atomic mass is 16.3. The summed E-state index contributed by atoms with van der Waals surface area (Å²) in [5.41, 5.74) is 2.44. The number of hydrazine groups is 1. The molecular weight excluding hydrogens is 258 g/mol. The van der Waals surface area contributed by atoms with Gasteiger partial charge in [0.15, 0.2) is 0 Å². The fourth-order valence-electron chi connectivity index (χ4n) is 1.73. The minimum atomic E-state index is -0.118. The maximum absolute atomic E-state index is 9.37. The lowest BCUT2D eigenvalue weighted by Gasteiger charge is -2.22. The van der Waals surface area contributed by atoms with E-state index in [0.717, 1.165) is 13.1 Å². The maximum Gasteiger partial charge on any atom is 0.243 e. The molecule has 0 aliphatic carbocycles. The Morgan fingerprint density at radius 1 is 1.15 bits per heavy atom. The lowest BCUT2D eigenvalue weighted by molar-refractivity contribution is 0.248. The number of aliphatic hydroxyl groups excluding tert-OH is 1. The molecule has 0 bridgehead atoms. The van der Waals surface area contributed by atoms with Crippen LogP contribution in [0.25, 0.3) is 0 Å². The fourth-order valence-corrected chi connectivity index (χ4v) is 1.73. The third kappa shape index (κ3) is 4.17. The molecule has 5 N–H and O–H groups in total. The van der Waals surface area contributed by atoms with Gasteiger partial charge < -0.3 is 15.3 Å². The molecule has 1 atom stereocenters. The number of nitrogen functional groups attached to an aromatic ring is 1. The largest absolute Gasteiger partial charge is 0.394 e. The zero-order valence-corrected chi connectivity index (χ0v) is 12.6. The Morgan fingerprint density at radius 3 is 2.20 bits per heavy atom. The quantitative estimate of drug-likeness (QED) is 0.401. The standard InChI is InChI=1S/C12H25N7O/c1-5-19(6-2)12-16-10(15-11(17-12)18-13)14-9(7-20)8(3)4/h8-9,20H,5-7,13H2,1-4H3,(H2,14,15,16,17,18). The SMILES string of the molecule is CCN(CC)c1nc(NN)nc(NC(CO)C(C)C)n1. The van der Waals surface area contributed by atoms with Gasteiger partial charge in [0.05, 0.1) is 12.6 Å². The Labute approximate surface area is 119 Å². The van der Waals surface area contributed by atoms with Crippen molar-refractivity contribution in [1.29, 1.82) is 0 Å². The van der Waals surface area contributed by atoms with E-state index in [1.165, 1.54) is 0 Å². The van der Waals surface area contributed by atoms with Crippen molar-refractivity contribution in [2.24, 2.45) is 11.8 Å².